The molecule has 1 aromatic heterocycles. The van der Waals surface area contributed by atoms with E-state index < -0.39 is 0 Å². The lowest BCUT2D eigenvalue weighted by Gasteiger charge is -2.12. The van der Waals surface area contributed by atoms with Crippen LogP contribution in [0.3, 0.4) is 0 Å². The molecule has 29 heavy (non-hydrogen) atoms. The first kappa shape index (κ1) is 21.1. The molecule has 0 aliphatic carbocycles. The Morgan fingerprint density at radius 2 is 1.83 bits per heavy atom. The SMILES string of the molecule is CCOCc1ccccc1CNC(=O)c1ccccc1SCc1c(C)noc1C. The van der Waals surface area contributed by atoms with Crippen LogP contribution in [0.15, 0.2) is 57.9 Å². The molecule has 1 heterocycles. The van der Waals surface area contributed by atoms with Gasteiger partial charge < -0.3 is 14.6 Å². The van der Waals surface area contributed by atoms with E-state index in [-0.39, 0.29) is 5.91 Å². The molecule has 5 nitrogen and oxygen atoms in total. The summed E-state index contributed by atoms with van der Waals surface area (Å²) in [7, 11) is 0. The molecule has 0 saturated carbocycles. The van der Waals surface area contributed by atoms with Crippen LogP contribution in [0.1, 0.15) is 45.4 Å². The van der Waals surface area contributed by atoms with Crippen molar-refractivity contribution in [3.05, 3.63) is 82.2 Å². The minimum Gasteiger partial charge on any atom is -0.377 e. The van der Waals surface area contributed by atoms with Gasteiger partial charge in [0, 0.05) is 29.4 Å². The largest absolute Gasteiger partial charge is 0.377 e. The predicted octanol–water partition coefficient (Wildman–Crippen LogP) is 5.05. The summed E-state index contributed by atoms with van der Waals surface area (Å²) in [5.41, 5.74) is 4.80. The maximum Gasteiger partial charge on any atom is 0.252 e. The first-order chi connectivity index (χ1) is 14.1. The van der Waals surface area contributed by atoms with Crippen molar-refractivity contribution < 1.29 is 14.1 Å². The topological polar surface area (TPSA) is 64.4 Å². The van der Waals surface area contributed by atoms with Gasteiger partial charge in [-0.05, 0) is 44.0 Å². The molecule has 0 saturated heterocycles. The summed E-state index contributed by atoms with van der Waals surface area (Å²) in [6.07, 6.45) is 0. The molecule has 0 spiro atoms. The van der Waals surface area contributed by atoms with Crippen molar-refractivity contribution in [3.63, 3.8) is 0 Å². The van der Waals surface area contributed by atoms with E-state index >= 15 is 0 Å². The van der Waals surface area contributed by atoms with E-state index in [0.717, 1.165) is 33.0 Å². The van der Waals surface area contributed by atoms with Gasteiger partial charge >= 0.3 is 0 Å². The fourth-order valence-electron chi connectivity index (χ4n) is 2.99. The van der Waals surface area contributed by atoms with Crippen LogP contribution in [-0.4, -0.2) is 17.7 Å². The molecule has 1 N–H and O–H groups in total. The second-order valence-corrected chi connectivity index (χ2v) is 7.69. The highest BCUT2D eigenvalue weighted by Gasteiger charge is 2.14. The van der Waals surface area contributed by atoms with Gasteiger partial charge in [-0.1, -0.05) is 41.6 Å². The third-order valence-electron chi connectivity index (χ3n) is 4.70. The number of benzene rings is 2. The first-order valence-corrected chi connectivity index (χ1v) is 10.6. The molecule has 0 fully saturated rings. The third-order valence-corrected chi connectivity index (χ3v) is 5.80. The number of hydrogen-bond donors (Lipinski definition) is 1. The van der Waals surface area contributed by atoms with E-state index in [1.165, 1.54) is 0 Å². The molecule has 3 aromatic rings. The zero-order valence-electron chi connectivity index (χ0n) is 17.0. The van der Waals surface area contributed by atoms with Crippen LogP contribution >= 0.6 is 11.8 Å². The highest BCUT2D eigenvalue weighted by atomic mass is 32.2. The number of carbonyl (C=O) groups is 1. The van der Waals surface area contributed by atoms with E-state index in [9.17, 15) is 4.79 Å². The van der Waals surface area contributed by atoms with Gasteiger partial charge in [-0.3, -0.25) is 4.79 Å². The number of amides is 1. The quantitative estimate of drug-likeness (QED) is 0.500. The van der Waals surface area contributed by atoms with Crippen LogP contribution in [-0.2, 0) is 23.6 Å². The summed E-state index contributed by atoms with van der Waals surface area (Å²) in [4.78, 5) is 13.8. The van der Waals surface area contributed by atoms with Crippen molar-refractivity contribution in [2.45, 2.75) is 44.6 Å². The standard InChI is InChI=1S/C23H26N2O3S/c1-4-27-14-19-10-6-5-9-18(19)13-24-23(26)20-11-7-8-12-22(20)29-15-21-16(2)25-28-17(21)3/h5-12H,4,13-15H2,1-3H3,(H,24,26). The van der Waals surface area contributed by atoms with E-state index in [1.54, 1.807) is 11.8 Å². The van der Waals surface area contributed by atoms with E-state index in [0.29, 0.717) is 31.1 Å². The van der Waals surface area contributed by atoms with Crippen molar-refractivity contribution in [1.82, 2.24) is 10.5 Å². The van der Waals surface area contributed by atoms with Gasteiger partial charge in [-0.2, -0.15) is 0 Å². The number of nitrogens with zero attached hydrogens (tertiary/aromatic N) is 1. The van der Waals surface area contributed by atoms with Crippen molar-refractivity contribution in [1.29, 1.82) is 0 Å². The molecule has 0 aliphatic heterocycles. The molecular weight excluding hydrogens is 384 g/mol. The molecular formula is C23H26N2O3S. The maximum absolute atomic E-state index is 12.9. The van der Waals surface area contributed by atoms with E-state index in [4.69, 9.17) is 9.26 Å². The van der Waals surface area contributed by atoms with Crippen molar-refractivity contribution >= 4 is 17.7 Å². The highest BCUT2D eigenvalue weighted by Crippen LogP contribution is 2.28. The van der Waals surface area contributed by atoms with Crippen LogP contribution in [0.25, 0.3) is 0 Å². The summed E-state index contributed by atoms with van der Waals surface area (Å²) < 4.78 is 10.8. The third kappa shape index (κ3) is 5.49. The maximum atomic E-state index is 12.9. The molecule has 0 bridgehead atoms. The Hall–Kier alpha value is -2.57. The van der Waals surface area contributed by atoms with E-state index in [1.807, 2.05) is 69.3 Å². The number of carbonyl (C=O) groups excluding carboxylic acids is 1. The normalized spacial score (nSPS) is 10.9. The van der Waals surface area contributed by atoms with Crippen LogP contribution in [0.4, 0.5) is 0 Å². The van der Waals surface area contributed by atoms with Crippen molar-refractivity contribution in [2.24, 2.45) is 0 Å². The fourth-order valence-corrected chi connectivity index (χ4v) is 4.19. The first-order valence-electron chi connectivity index (χ1n) is 9.66. The lowest BCUT2D eigenvalue weighted by Crippen LogP contribution is -2.24. The molecule has 0 radical (unpaired) electrons. The lowest BCUT2D eigenvalue weighted by atomic mass is 10.1. The summed E-state index contributed by atoms with van der Waals surface area (Å²) in [5, 5.41) is 7.05. The molecule has 0 atom stereocenters. The Balaban J connectivity index is 1.67. The molecule has 6 heteroatoms. The van der Waals surface area contributed by atoms with Gasteiger partial charge in [0.05, 0.1) is 17.9 Å². The van der Waals surface area contributed by atoms with Gasteiger partial charge in [0.1, 0.15) is 5.76 Å². The summed E-state index contributed by atoms with van der Waals surface area (Å²) in [6, 6.07) is 15.7. The Morgan fingerprint density at radius 3 is 2.55 bits per heavy atom. The summed E-state index contributed by atoms with van der Waals surface area (Å²) >= 11 is 1.62. The predicted molar refractivity (Wildman–Crippen MR) is 115 cm³/mol. The zero-order chi connectivity index (χ0) is 20.6. The number of hydrogen-bond acceptors (Lipinski definition) is 5. The number of nitrogens with one attached hydrogen (secondary N) is 1. The Labute approximate surface area is 175 Å². The number of aryl methyl sites for hydroxylation is 2. The van der Waals surface area contributed by atoms with Gasteiger partial charge in [0.15, 0.2) is 0 Å². The van der Waals surface area contributed by atoms with Crippen molar-refractivity contribution in [3.8, 4) is 0 Å². The number of thioether (sulfide) groups is 1. The van der Waals surface area contributed by atoms with Crippen LogP contribution in [0, 0.1) is 13.8 Å². The van der Waals surface area contributed by atoms with Gasteiger partial charge in [-0.25, -0.2) is 0 Å². The molecule has 152 valence electrons. The Bertz CT molecular complexity index is 949. The molecule has 0 unspecified atom stereocenters. The Morgan fingerprint density at radius 1 is 1.10 bits per heavy atom. The number of aromatic nitrogens is 1. The van der Waals surface area contributed by atoms with Crippen LogP contribution in [0.5, 0.6) is 0 Å². The summed E-state index contributed by atoms with van der Waals surface area (Å²) in [5.74, 6) is 1.45. The average Bonchev–Trinajstić information content (AvgIpc) is 3.07. The minimum absolute atomic E-state index is 0.0851. The molecule has 0 aliphatic rings. The zero-order valence-corrected chi connectivity index (χ0v) is 17.8. The molecule has 1 amide bonds. The van der Waals surface area contributed by atoms with Crippen LogP contribution in [0.2, 0.25) is 0 Å². The summed E-state index contributed by atoms with van der Waals surface area (Å²) in [6.45, 7) is 7.49. The van der Waals surface area contributed by atoms with Gasteiger partial charge in [-0.15, -0.1) is 11.8 Å². The molecule has 3 rings (SSSR count). The second kappa shape index (κ2) is 10.3. The minimum atomic E-state index is -0.0851. The van der Waals surface area contributed by atoms with Gasteiger partial charge in [0.25, 0.3) is 5.91 Å². The second-order valence-electron chi connectivity index (χ2n) is 6.68. The van der Waals surface area contributed by atoms with Gasteiger partial charge in [0.2, 0.25) is 0 Å². The smallest absolute Gasteiger partial charge is 0.252 e. The average molecular weight is 411 g/mol. The number of rotatable bonds is 9. The Kier molecular flexibility index (Phi) is 7.49. The van der Waals surface area contributed by atoms with Crippen LogP contribution < -0.4 is 5.32 Å². The van der Waals surface area contributed by atoms with Crippen molar-refractivity contribution in [2.75, 3.05) is 6.61 Å². The molecule has 2 aromatic carbocycles. The monoisotopic (exact) mass is 410 g/mol. The fraction of sp³-hybridized carbons (Fsp3) is 0.304. The lowest BCUT2D eigenvalue weighted by molar-refractivity contribution is 0.0947. The highest BCUT2D eigenvalue weighted by molar-refractivity contribution is 7.98. The number of ether oxygens (including phenoxy) is 1. The van der Waals surface area contributed by atoms with E-state index in [2.05, 4.69) is 10.5 Å².